The van der Waals surface area contributed by atoms with Crippen molar-refractivity contribution in [3.8, 4) is 22.9 Å². The number of allylic oxidation sites excluding steroid dienone is 1. The average Bonchev–Trinajstić information content (AvgIpc) is 3.47. The summed E-state index contributed by atoms with van der Waals surface area (Å²) >= 11 is 1.70. The molecule has 6 rings (SSSR count). The molecule has 0 bridgehead atoms. The van der Waals surface area contributed by atoms with Gasteiger partial charge in [-0.25, -0.2) is 14.8 Å². The number of unbranched alkanes of at least 4 members (excludes halogenated alkanes) is 2. The second-order valence-electron chi connectivity index (χ2n) is 15.7. The highest BCUT2D eigenvalue weighted by Gasteiger charge is 2.62. The number of hydrogen-bond donors (Lipinski definition) is 1. The normalized spacial score (nSPS) is 24.2. The monoisotopic (exact) mass is 770 g/mol. The Morgan fingerprint density at radius 1 is 1.07 bits per heavy atom. The van der Waals surface area contributed by atoms with Gasteiger partial charge in [0.25, 0.3) is 0 Å². The van der Waals surface area contributed by atoms with Gasteiger partial charge >= 0.3 is 5.97 Å². The highest BCUT2D eigenvalue weighted by atomic mass is 32.1. The van der Waals surface area contributed by atoms with Gasteiger partial charge in [-0.3, -0.25) is 9.59 Å². The number of esters is 1. The SMILES string of the molecule is C=CCCCCC(C)N(C)C(=O)C1CC(Oc2cc(-c3csc(C4CCCCC4)n3)nc3c(C)c(OC)ccc23)CC1C(=O)NC1(C(=O)OCC)CC1C=C. The molecule has 296 valence electrons. The molecule has 10 nitrogen and oxygen atoms in total. The van der Waals surface area contributed by atoms with Crippen molar-refractivity contribution in [3.05, 3.63) is 59.5 Å². The summed E-state index contributed by atoms with van der Waals surface area (Å²) in [4.78, 5) is 53.8. The van der Waals surface area contributed by atoms with Gasteiger partial charge in [-0.2, -0.15) is 0 Å². The number of carbonyl (C=O) groups excluding carboxylic acids is 3. The van der Waals surface area contributed by atoms with Crippen LogP contribution in [-0.4, -0.2) is 71.1 Å². The molecule has 3 saturated carbocycles. The first-order valence-electron chi connectivity index (χ1n) is 20.1. The van der Waals surface area contributed by atoms with E-state index in [-0.39, 0.29) is 30.4 Å². The van der Waals surface area contributed by atoms with Crippen LogP contribution in [0.4, 0.5) is 0 Å². The van der Waals surface area contributed by atoms with Crippen LogP contribution < -0.4 is 14.8 Å². The second-order valence-corrected chi connectivity index (χ2v) is 16.6. The molecule has 2 heterocycles. The molecule has 2 amide bonds. The highest BCUT2D eigenvalue weighted by molar-refractivity contribution is 7.10. The fraction of sp³-hybridized carbons (Fsp3) is 0.568. The van der Waals surface area contributed by atoms with Crippen LogP contribution in [0.1, 0.15) is 107 Å². The molecule has 55 heavy (non-hydrogen) atoms. The van der Waals surface area contributed by atoms with Crippen molar-refractivity contribution in [2.24, 2.45) is 17.8 Å². The summed E-state index contributed by atoms with van der Waals surface area (Å²) in [5, 5.41) is 7.10. The van der Waals surface area contributed by atoms with Gasteiger partial charge in [0.05, 0.1) is 47.5 Å². The van der Waals surface area contributed by atoms with Gasteiger partial charge in [0.1, 0.15) is 23.1 Å². The van der Waals surface area contributed by atoms with Crippen LogP contribution >= 0.6 is 11.3 Å². The minimum Gasteiger partial charge on any atom is -0.496 e. The lowest BCUT2D eigenvalue weighted by Crippen LogP contribution is -2.50. The summed E-state index contributed by atoms with van der Waals surface area (Å²) in [6.07, 6.45) is 14.1. The lowest BCUT2D eigenvalue weighted by molar-refractivity contribution is -0.150. The Balaban J connectivity index is 1.31. The number of pyridine rings is 1. The fourth-order valence-corrected chi connectivity index (χ4v) is 9.56. The molecular formula is C44H58N4O6S. The van der Waals surface area contributed by atoms with Gasteiger partial charge in [-0.15, -0.1) is 24.5 Å². The Hall–Kier alpha value is -4.25. The largest absolute Gasteiger partial charge is 0.496 e. The maximum absolute atomic E-state index is 14.4. The third kappa shape index (κ3) is 8.61. The van der Waals surface area contributed by atoms with Gasteiger partial charge < -0.3 is 24.4 Å². The first kappa shape index (κ1) is 40.4. The molecule has 0 saturated heterocycles. The Bertz CT molecular complexity index is 1890. The number of aromatic nitrogens is 2. The van der Waals surface area contributed by atoms with Crippen molar-refractivity contribution in [1.29, 1.82) is 0 Å². The number of nitrogens with one attached hydrogen (secondary N) is 1. The highest BCUT2D eigenvalue weighted by Crippen LogP contribution is 2.47. The van der Waals surface area contributed by atoms with Crippen LogP contribution in [0.25, 0.3) is 22.3 Å². The number of hydrogen-bond acceptors (Lipinski definition) is 9. The van der Waals surface area contributed by atoms with E-state index in [0.29, 0.717) is 36.6 Å². The van der Waals surface area contributed by atoms with Crippen LogP contribution in [0.15, 0.2) is 48.9 Å². The predicted octanol–water partition coefficient (Wildman–Crippen LogP) is 8.71. The van der Waals surface area contributed by atoms with E-state index in [2.05, 4.69) is 30.8 Å². The van der Waals surface area contributed by atoms with Crippen molar-refractivity contribution in [3.63, 3.8) is 0 Å². The molecular weight excluding hydrogens is 713 g/mol. The summed E-state index contributed by atoms with van der Waals surface area (Å²) in [7, 11) is 3.48. The standard InChI is InChI=1S/C44H58N4O6S/c1-8-11-12-14-17-27(4)48(6)42(50)34-23-31(22-33(34)40(49)47-44(25-30(44)9-2)43(51)53-10-3)54-38-24-35(45-39-28(5)37(52-7)21-20-32(38)39)36-26-55-41(46-36)29-18-15-13-16-19-29/h8-9,20-21,24,26-27,29-31,33-34H,1-2,10-19,22-23,25H2,3-7H3,(H,47,49). The van der Waals surface area contributed by atoms with Gasteiger partial charge in [0.15, 0.2) is 0 Å². The smallest absolute Gasteiger partial charge is 0.332 e. The van der Waals surface area contributed by atoms with E-state index in [1.54, 1.807) is 36.3 Å². The molecule has 6 atom stereocenters. The summed E-state index contributed by atoms with van der Waals surface area (Å²) in [6.45, 7) is 13.7. The number of nitrogens with zero attached hydrogens (tertiary/aromatic N) is 3. The quantitative estimate of drug-likeness (QED) is 0.0823. The maximum atomic E-state index is 14.4. The summed E-state index contributed by atoms with van der Waals surface area (Å²) < 4.78 is 18.0. The fourth-order valence-electron chi connectivity index (χ4n) is 8.58. The van der Waals surface area contributed by atoms with Gasteiger partial charge in [0, 0.05) is 47.3 Å². The average molecular weight is 771 g/mol. The molecule has 3 aromatic rings. The number of benzene rings is 1. The van der Waals surface area contributed by atoms with Crippen molar-refractivity contribution in [1.82, 2.24) is 20.2 Å². The van der Waals surface area contributed by atoms with Crippen LogP contribution in [-0.2, 0) is 19.1 Å². The minimum absolute atomic E-state index is 0.0123. The van der Waals surface area contributed by atoms with Crippen molar-refractivity contribution in [2.75, 3.05) is 20.8 Å². The number of carbonyl (C=O) groups is 3. The van der Waals surface area contributed by atoms with Crippen LogP contribution in [0.5, 0.6) is 11.5 Å². The second kappa shape index (κ2) is 17.7. The predicted molar refractivity (Wildman–Crippen MR) is 217 cm³/mol. The molecule has 0 aliphatic heterocycles. The van der Waals surface area contributed by atoms with Crippen LogP contribution in [0.2, 0.25) is 0 Å². The third-order valence-corrected chi connectivity index (χ3v) is 13.2. The number of thiazole rings is 1. The lowest BCUT2D eigenvalue weighted by atomic mass is 9.90. The lowest BCUT2D eigenvalue weighted by Gasteiger charge is -2.30. The van der Waals surface area contributed by atoms with E-state index in [9.17, 15) is 14.4 Å². The van der Waals surface area contributed by atoms with Crippen molar-refractivity contribution < 1.29 is 28.6 Å². The van der Waals surface area contributed by atoms with Gasteiger partial charge in [0.2, 0.25) is 11.8 Å². The Labute approximate surface area is 330 Å². The van der Waals surface area contributed by atoms with Crippen LogP contribution in [0, 0.1) is 24.7 Å². The number of methoxy groups -OCH3 is 1. The minimum atomic E-state index is -1.16. The van der Waals surface area contributed by atoms with E-state index in [1.807, 2.05) is 38.2 Å². The molecule has 1 aromatic carbocycles. The summed E-state index contributed by atoms with van der Waals surface area (Å²) in [6, 6.07) is 5.81. The third-order valence-electron chi connectivity index (χ3n) is 12.1. The molecule has 2 aromatic heterocycles. The number of ether oxygens (including phenoxy) is 3. The summed E-state index contributed by atoms with van der Waals surface area (Å²) in [5.41, 5.74) is 2.00. The molecule has 3 aliphatic rings. The Morgan fingerprint density at radius 3 is 2.53 bits per heavy atom. The number of amides is 2. The molecule has 1 N–H and O–H groups in total. The maximum Gasteiger partial charge on any atom is 0.332 e. The Kier molecular flexibility index (Phi) is 13.0. The number of aryl methyl sites for hydroxylation is 1. The molecule has 3 aliphatic carbocycles. The zero-order chi connectivity index (χ0) is 39.3. The topological polar surface area (TPSA) is 120 Å². The van der Waals surface area contributed by atoms with E-state index in [1.165, 1.54) is 19.3 Å². The molecule has 0 radical (unpaired) electrons. The molecule has 0 spiro atoms. The van der Waals surface area contributed by atoms with Gasteiger partial charge in [-0.1, -0.05) is 37.8 Å². The first-order chi connectivity index (χ1) is 26.5. The van der Waals surface area contributed by atoms with Crippen molar-refractivity contribution >= 4 is 40.0 Å². The Morgan fingerprint density at radius 2 is 1.84 bits per heavy atom. The molecule has 3 fully saturated rings. The zero-order valence-electron chi connectivity index (χ0n) is 33.2. The first-order valence-corrected chi connectivity index (χ1v) is 21.0. The number of fused-ring (bicyclic) bond motifs is 1. The van der Waals surface area contributed by atoms with E-state index in [0.717, 1.165) is 71.4 Å². The number of rotatable bonds is 17. The van der Waals surface area contributed by atoms with E-state index < -0.39 is 29.4 Å². The van der Waals surface area contributed by atoms with Crippen LogP contribution in [0.3, 0.4) is 0 Å². The van der Waals surface area contributed by atoms with E-state index >= 15 is 0 Å². The van der Waals surface area contributed by atoms with Gasteiger partial charge in [-0.05, 0) is 84.3 Å². The van der Waals surface area contributed by atoms with E-state index in [4.69, 9.17) is 24.2 Å². The molecule has 6 unspecified atom stereocenters. The molecule has 11 heteroatoms. The zero-order valence-corrected chi connectivity index (χ0v) is 34.1. The van der Waals surface area contributed by atoms with Crippen molar-refractivity contribution in [2.45, 2.75) is 121 Å². The summed E-state index contributed by atoms with van der Waals surface area (Å²) in [5.74, 6) is -0.665.